The second kappa shape index (κ2) is 13.2. The molecule has 2 aromatic heterocycles. The van der Waals surface area contributed by atoms with Crippen molar-refractivity contribution in [2.45, 2.75) is 146 Å². The zero-order valence-corrected chi connectivity index (χ0v) is 29.4. The number of nitrogens with two attached hydrogens (primary N) is 1. The standard InChI is InChI=1S/C31H53N5O5SSi/c1-18(2)43(19(3)4,20(5)6)38-15-23-22-14-31(8,9)41-26(22)30(40-23)36-28-25(27(32)33-17-34-28)29(35-36)42-16-21(7)39-24-12-10-11-13-37-24/h17-24,26,30H,10-16H2,1-9H3,(H2,32,33,34)/t21-,22+,23+,24-,26+,30+/m0/s1. The minimum absolute atomic E-state index is 0.0148. The molecule has 5 rings (SSSR count). The van der Waals surface area contributed by atoms with Crippen LogP contribution in [0.5, 0.6) is 0 Å². The largest absolute Gasteiger partial charge is 0.413 e. The molecule has 5 heterocycles. The highest BCUT2D eigenvalue weighted by molar-refractivity contribution is 7.99. The fourth-order valence-electron chi connectivity index (χ4n) is 7.80. The summed E-state index contributed by atoms with van der Waals surface area (Å²) in [6.45, 7) is 21.7. The van der Waals surface area contributed by atoms with Crippen molar-refractivity contribution in [1.82, 2.24) is 19.7 Å². The summed E-state index contributed by atoms with van der Waals surface area (Å²) in [7, 11) is -2.07. The third-order valence-corrected chi connectivity index (χ3v) is 16.9. The molecule has 0 aliphatic carbocycles. The molecule has 2 aromatic rings. The van der Waals surface area contributed by atoms with Gasteiger partial charge in [0.25, 0.3) is 0 Å². The van der Waals surface area contributed by atoms with E-state index in [4.69, 9.17) is 34.2 Å². The molecule has 0 bridgehead atoms. The average Bonchev–Trinajstić information content (AvgIpc) is 3.57. The number of nitrogen functional groups attached to an aromatic ring is 1. The summed E-state index contributed by atoms with van der Waals surface area (Å²) in [5, 5.41) is 6.58. The normalized spacial score (nSPS) is 28.4. The van der Waals surface area contributed by atoms with Crippen LogP contribution in [0.15, 0.2) is 11.4 Å². The average molecular weight is 636 g/mol. The van der Waals surface area contributed by atoms with Crippen LogP contribution >= 0.6 is 11.8 Å². The number of hydrogen-bond acceptors (Lipinski definition) is 10. The lowest BCUT2D eigenvalue weighted by Crippen LogP contribution is -2.49. The predicted molar refractivity (Wildman–Crippen MR) is 173 cm³/mol. The van der Waals surface area contributed by atoms with Gasteiger partial charge in [-0.2, -0.15) is 5.10 Å². The Morgan fingerprint density at radius 3 is 2.47 bits per heavy atom. The molecule has 12 heteroatoms. The lowest BCUT2D eigenvalue weighted by atomic mass is 9.91. The maximum atomic E-state index is 7.05. The van der Waals surface area contributed by atoms with Gasteiger partial charge in [0, 0.05) is 18.3 Å². The van der Waals surface area contributed by atoms with E-state index in [-0.39, 0.29) is 36.1 Å². The van der Waals surface area contributed by atoms with E-state index in [9.17, 15) is 0 Å². The third kappa shape index (κ3) is 6.66. The monoisotopic (exact) mass is 635 g/mol. The molecule has 0 amide bonds. The quantitative estimate of drug-likeness (QED) is 0.199. The Hall–Kier alpha value is -1.28. The summed E-state index contributed by atoms with van der Waals surface area (Å²) in [6.07, 6.45) is 4.71. The van der Waals surface area contributed by atoms with Crippen LogP contribution in [-0.4, -0.2) is 77.2 Å². The molecule has 0 unspecified atom stereocenters. The molecule has 3 saturated heterocycles. The van der Waals surface area contributed by atoms with Crippen molar-refractivity contribution in [3.8, 4) is 0 Å². The smallest absolute Gasteiger partial charge is 0.200 e. The molecule has 6 atom stereocenters. The van der Waals surface area contributed by atoms with Crippen molar-refractivity contribution in [3.63, 3.8) is 0 Å². The van der Waals surface area contributed by atoms with Crippen LogP contribution in [0.25, 0.3) is 11.0 Å². The van der Waals surface area contributed by atoms with Gasteiger partial charge in [-0.1, -0.05) is 41.5 Å². The first kappa shape index (κ1) is 33.1. The second-order valence-electron chi connectivity index (χ2n) is 14.2. The third-order valence-electron chi connectivity index (χ3n) is 9.59. The van der Waals surface area contributed by atoms with Crippen LogP contribution in [0, 0.1) is 5.92 Å². The first-order valence-electron chi connectivity index (χ1n) is 16.2. The second-order valence-corrected chi connectivity index (χ2v) is 20.6. The van der Waals surface area contributed by atoms with Gasteiger partial charge < -0.3 is 29.1 Å². The van der Waals surface area contributed by atoms with Gasteiger partial charge in [-0.25, -0.2) is 14.6 Å². The fourth-order valence-corrected chi connectivity index (χ4v) is 14.2. The molecule has 10 nitrogen and oxygen atoms in total. The first-order valence-corrected chi connectivity index (χ1v) is 19.3. The van der Waals surface area contributed by atoms with Gasteiger partial charge in [0.05, 0.1) is 29.8 Å². The summed E-state index contributed by atoms with van der Waals surface area (Å²) in [5.74, 6) is 1.30. The molecule has 43 heavy (non-hydrogen) atoms. The number of rotatable bonds is 12. The van der Waals surface area contributed by atoms with Gasteiger partial charge in [-0.3, -0.25) is 0 Å². The van der Waals surface area contributed by atoms with E-state index in [2.05, 4.69) is 72.3 Å². The van der Waals surface area contributed by atoms with Crippen LogP contribution in [0.4, 0.5) is 5.82 Å². The van der Waals surface area contributed by atoms with E-state index >= 15 is 0 Å². The van der Waals surface area contributed by atoms with Crippen molar-refractivity contribution in [2.24, 2.45) is 5.92 Å². The minimum atomic E-state index is -2.07. The molecule has 3 aliphatic heterocycles. The number of fused-ring (bicyclic) bond motifs is 2. The number of aromatic nitrogens is 4. The highest BCUT2D eigenvalue weighted by Gasteiger charge is 2.56. The van der Waals surface area contributed by atoms with E-state index in [1.54, 1.807) is 11.8 Å². The van der Waals surface area contributed by atoms with Gasteiger partial charge in [-0.15, -0.1) is 11.8 Å². The first-order chi connectivity index (χ1) is 20.3. The molecule has 0 spiro atoms. The maximum absolute atomic E-state index is 7.05. The highest BCUT2D eigenvalue weighted by Crippen LogP contribution is 2.50. The van der Waals surface area contributed by atoms with Crippen molar-refractivity contribution in [3.05, 3.63) is 6.33 Å². The van der Waals surface area contributed by atoms with Gasteiger partial charge in [-0.05, 0) is 63.1 Å². The van der Waals surface area contributed by atoms with Crippen LogP contribution in [0.3, 0.4) is 0 Å². The van der Waals surface area contributed by atoms with E-state index in [0.717, 1.165) is 42.7 Å². The molecular weight excluding hydrogens is 583 g/mol. The van der Waals surface area contributed by atoms with E-state index in [1.165, 1.54) is 6.33 Å². The number of nitrogens with zero attached hydrogens (tertiary/aromatic N) is 4. The molecule has 3 aliphatic rings. The van der Waals surface area contributed by atoms with Crippen LogP contribution in [-0.2, 0) is 23.4 Å². The van der Waals surface area contributed by atoms with Gasteiger partial charge in [0.1, 0.15) is 23.3 Å². The van der Waals surface area contributed by atoms with Crippen LogP contribution in [0.2, 0.25) is 16.6 Å². The number of ether oxygens (including phenoxy) is 4. The topological polar surface area (TPSA) is 116 Å². The summed E-state index contributed by atoms with van der Waals surface area (Å²) in [6, 6.07) is 0. The summed E-state index contributed by atoms with van der Waals surface area (Å²) >= 11 is 1.60. The SMILES string of the molecule is CC(C)[Si](OC[C@H]1O[C@@H](n2nc(SC[C@H](C)O[C@H]3CCCCO3)c3c(N)ncnc32)[C@@H]2OC(C)(C)C[C@@H]21)(C(C)C)C(C)C. The lowest BCUT2D eigenvalue weighted by molar-refractivity contribution is -0.179. The predicted octanol–water partition coefficient (Wildman–Crippen LogP) is 6.71. The Labute approximate surface area is 262 Å². The fraction of sp³-hybridized carbons (Fsp3) is 0.839. The minimum Gasteiger partial charge on any atom is -0.413 e. The van der Waals surface area contributed by atoms with Gasteiger partial charge in [0.2, 0.25) is 0 Å². The summed E-state index contributed by atoms with van der Waals surface area (Å²) in [4.78, 5) is 8.94. The van der Waals surface area contributed by atoms with Crippen LogP contribution in [0.1, 0.15) is 94.2 Å². The van der Waals surface area contributed by atoms with E-state index in [0.29, 0.717) is 40.4 Å². The highest BCUT2D eigenvalue weighted by atomic mass is 32.2. The number of hydrogen-bond donors (Lipinski definition) is 1. The number of thioether (sulfide) groups is 1. The Bertz CT molecular complexity index is 1210. The molecule has 3 fully saturated rings. The Morgan fingerprint density at radius 1 is 1.09 bits per heavy atom. The Balaban J connectivity index is 1.39. The van der Waals surface area contributed by atoms with Crippen LogP contribution < -0.4 is 5.73 Å². The summed E-state index contributed by atoms with van der Waals surface area (Å²) in [5.41, 5.74) is 8.33. The van der Waals surface area contributed by atoms with E-state index in [1.807, 2.05) is 4.68 Å². The number of anilines is 1. The van der Waals surface area contributed by atoms with Crippen molar-refractivity contribution >= 4 is 36.9 Å². The molecule has 0 saturated carbocycles. The molecular formula is C31H53N5O5SSi. The molecule has 2 N–H and O–H groups in total. The maximum Gasteiger partial charge on any atom is 0.200 e. The Morgan fingerprint density at radius 2 is 1.81 bits per heavy atom. The molecule has 242 valence electrons. The van der Waals surface area contributed by atoms with E-state index < -0.39 is 14.5 Å². The zero-order valence-electron chi connectivity index (χ0n) is 27.5. The van der Waals surface area contributed by atoms with Crippen molar-refractivity contribution < 1.29 is 23.4 Å². The van der Waals surface area contributed by atoms with Gasteiger partial charge >= 0.3 is 0 Å². The van der Waals surface area contributed by atoms with Gasteiger partial charge in [0.15, 0.2) is 26.5 Å². The zero-order chi connectivity index (χ0) is 31.1. The molecule has 0 radical (unpaired) electrons. The summed E-state index contributed by atoms with van der Waals surface area (Å²) < 4.78 is 34.4. The Kier molecular flexibility index (Phi) is 10.2. The molecule has 0 aromatic carbocycles. The van der Waals surface area contributed by atoms with Crippen molar-refractivity contribution in [1.29, 1.82) is 0 Å². The van der Waals surface area contributed by atoms with Crippen molar-refractivity contribution in [2.75, 3.05) is 24.7 Å². The lowest BCUT2D eigenvalue weighted by Gasteiger charge is -2.43.